The number of amides is 2. The largest absolute Gasteiger partial charge is 0.353 e. The van der Waals surface area contributed by atoms with Crippen molar-refractivity contribution in [3.05, 3.63) is 35.6 Å². The average Bonchev–Trinajstić information content (AvgIpc) is 3.35. The summed E-state index contributed by atoms with van der Waals surface area (Å²) in [4.78, 5) is 28.5. The normalized spacial score (nSPS) is 23.6. The molecule has 1 aliphatic carbocycles. The molecular weight excluding hydrogens is 321 g/mol. The molecule has 2 fully saturated rings. The van der Waals surface area contributed by atoms with Gasteiger partial charge in [0.2, 0.25) is 11.8 Å². The van der Waals surface area contributed by atoms with Crippen LogP contribution in [0.25, 0.3) is 0 Å². The van der Waals surface area contributed by atoms with E-state index in [1.54, 1.807) is 12.1 Å². The number of halogens is 1. The number of hydrogen-bond acceptors (Lipinski definition) is 3. The number of carbonyl (C=O) groups excluding carboxylic acids is 2. The fourth-order valence-corrected chi connectivity index (χ4v) is 3.48. The average molecular weight is 347 g/mol. The van der Waals surface area contributed by atoms with Crippen LogP contribution in [0.15, 0.2) is 24.3 Å². The molecule has 3 rings (SSSR count). The monoisotopic (exact) mass is 347 g/mol. The number of benzene rings is 1. The molecule has 136 valence electrons. The van der Waals surface area contributed by atoms with E-state index in [9.17, 15) is 14.0 Å². The van der Waals surface area contributed by atoms with Crippen molar-refractivity contribution >= 4 is 11.8 Å². The molecule has 1 aromatic rings. The molecule has 2 amide bonds. The Labute approximate surface area is 148 Å². The van der Waals surface area contributed by atoms with Gasteiger partial charge in [-0.05, 0) is 43.9 Å². The minimum absolute atomic E-state index is 0.0289. The number of hydrogen-bond donors (Lipinski definition) is 1. The fourth-order valence-electron chi connectivity index (χ4n) is 3.48. The number of nitrogens with one attached hydrogen (secondary N) is 1. The molecule has 1 saturated carbocycles. The van der Waals surface area contributed by atoms with Gasteiger partial charge in [0.15, 0.2) is 0 Å². The summed E-state index contributed by atoms with van der Waals surface area (Å²) in [6, 6.07) is 6.61. The van der Waals surface area contributed by atoms with E-state index in [0.29, 0.717) is 19.6 Å². The van der Waals surface area contributed by atoms with E-state index in [4.69, 9.17) is 0 Å². The van der Waals surface area contributed by atoms with E-state index >= 15 is 0 Å². The molecule has 0 aromatic heterocycles. The lowest BCUT2D eigenvalue weighted by molar-refractivity contribution is -0.134. The van der Waals surface area contributed by atoms with Gasteiger partial charge in [0.25, 0.3) is 0 Å². The number of nitrogens with zero attached hydrogens (tertiary/aromatic N) is 2. The van der Waals surface area contributed by atoms with Gasteiger partial charge < -0.3 is 10.2 Å². The molecular formula is C19H26FN3O2. The van der Waals surface area contributed by atoms with Crippen molar-refractivity contribution in [2.24, 2.45) is 5.92 Å². The van der Waals surface area contributed by atoms with Crippen LogP contribution >= 0.6 is 0 Å². The topological polar surface area (TPSA) is 52.7 Å². The Hall–Kier alpha value is -1.95. The molecule has 1 heterocycles. The summed E-state index contributed by atoms with van der Waals surface area (Å²) < 4.78 is 13.0. The van der Waals surface area contributed by atoms with Crippen molar-refractivity contribution in [1.82, 2.24) is 15.1 Å². The first kappa shape index (κ1) is 17.9. The molecule has 2 aliphatic rings. The summed E-state index contributed by atoms with van der Waals surface area (Å²) in [7, 11) is 0. The third kappa shape index (κ3) is 4.57. The SMILES string of the molecule is CC(C)NC(=O)CN1CCN(C(=O)C2CC2c2ccc(F)cc2)CC1. The molecule has 25 heavy (non-hydrogen) atoms. The second-order valence-corrected chi connectivity index (χ2v) is 7.32. The van der Waals surface area contributed by atoms with Crippen LogP contribution in [-0.4, -0.2) is 60.4 Å². The molecule has 1 saturated heterocycles. The quantitative estimate of drug-likeness (QED) is 0.880. The minimum Gasteiger partial charge on any atom is -0.353 e. The van der Waals surface area contributed by atoms with Gasteiger partial charge in [-0.1, -0.05) is 12.1 Å². The molecule has 0 bridgehead atoms. The molecule has 1 N–H and O–H groups in total. The summed E-state index contributed by atoms with van der Waals surface area (Å²) in [6.07, 6.45) is 0.849. The Bertz CT molecular complexity index is 624. The van der Waals surface area contributed by atoms with Crippen molar-refractivity contribution in [3.63, 3.8) is 0 Å². The van der Waals surface area contributed by atoms with Crippen molar-refractivity contribution in [2.45, 2.75) is 32.2 Å². The van der Waals surface area contributed by atoms with Gasteiger partial charge in [0.1, 0.15) is 5.82 Å². The highest BCUT2D eigenvalue weighted by Gasteiger charge is 2.46. The van der Waals surface area contributed by atoms with E-state index in [1.807, 2.05) is 18.7 Å². The first-order valence-corrected chi connectivity index (χ1v) is 9.00. The van der Waals surface area contributed by atoms with Crippen LogP contribution in [0.3, 0.4) is 0 Å². The molecule has 1 aromatic carbocycles. The van der Waals surface area contributed by atoms with Gasteiger partial charge in [-0.2, -0.15) is 0 Å². The number of rotatable bonds is 5. The Kier molecular flexibility index (Phi) is 5.37. The van der Waals surface area contributed by atoms with Gasteiger partial charge in [-0.15, -0.1) is 0 Å². The van der Waals surface area contributed by atoms with E-state index in [1.165, 1.54) is 12.1 Å². The first-order chi connectivity index (χ1) is 11.9. The standard InChI is InChI=1S/C19H26FN3O2/c1-13(2)21-18(24)12-22-7-9-23(10-8-22)19(25)17-11-16(17)14-3-5-15(20)6-4-14/h3-6,13,16-17H,7-12H2,1-2H3,(H,21,24). The lowest BCUT2D eigenvalue weighted by Gasteiger charge is -2.34. The van der Waals surface area contributed by atoms with E-state index < -0.39 is 0 Å². The van der Waals surface area contributed by atoms with Crippen LogP contribution < -0.4 is 5.32 Å². The van der Waals surface area contributed by atoms with Gasteiger partial charge in [0, 0.05) is 38.1 Å². The van der Waals surface area contributed by atoms with Crippen molar-refractivity contribution in [3.8, 4) is 0 Å². The Morgan fingerprint density at radius 1 is 1.16 bits per heavy atom. The van der Waals surface area contributed by atoms with Gasteiger partial charge in [-0.3, -0.25) is 14.5 Å². The molecule has 6 heteroatoms. The lowest BCUT2D eigenvalue weighted by atomic mass is 10.1. The summed E-state index contributed by atoms with van der Waals surface area (Å²) in [5.74, 6) is 0.239. The molecule has 0 spiro atoms. The first-order valence-electron chi connectivity index (χ1n) is 9.00. The number of carbonyl (C=O) groups is 2. The van der Waals surface area contributed by atoms with Crippen LogP contribution in [0.5, 0.6) is 0 Å². The predicted octanol–water partition coefficient (Wildman–Crippen LogP) is 1.60. The maximum Gasteiger partial charge on any atom is 0.234 e. The molecule has 0 radical (unpaired) electrons. The zero-order valence-corrected chi connectivity index (χ0v) is 14.9. The maximum atomic E-state index is 13.0. The second kappa shape index (κ2) is 7.52. The van der Waals surface area contributed by atoms with Crippen LogP contribution in [0, 0.1) is 11.7 Å². The van der Waals surface area contributed by atoms with Gasteiger partial charge in [0.05, 0.1) is 6.54 Å². The maximum absolute atomic E-state index is 13.0. The van der Waals surface area contributed by atoms with Crippen molar-refractivity contribution < 1.29 is 14.0 Å². The van der Waals surface area contributed by atoms with Gasteiger partial charge in [-0.25, -0.2) is 4.39 Å². The Morgan fingerprint density at radius 2 is 1.80 bits per heavy atom. The molecule has 2 atom stereocenters. The third-order valence-electron chi connectivity index (χ3n) is 4.91. The van der Waals surface area contributed by atoms with Crippen LogP contribution in [0.1, 0.15) is 31.7 Å². The van der Waals surface area contributed by atoms with Gasteiger partial charge >= 0.3 is 0 Å². The minimum atomic E-state index is -0.245. The highest BCUT2D eigenvalue weighted by atomic mass is 19.1. The Balaban J connectivity index is 1.45. The van der Waals surface area contributed by atoms with Crippen LogP contribution in [0.4, 0.5) is 4.39 Å². The lowest BCUT2D eigenvalue weighted by Crippen LogP contribution is -2.52. The number of piperazine rings is 1. The Morgan fingerprint density at radius 3 is 2.40 bits per heavy atom. The third-order valence-corrected chi connectivity index (χ3v) is 4.91. The van der Waals surface area contributed by atoms with E-state index in [-0.39, 0.29) is 35.5 Å². The summed E-state index contributed by atoms with van der Waals surface area (Å²) in [5, 5.41) is 2.89. The molecule has 5 nitrogen and oxygen atoms in total. The predicted molar refractivity (Wildman–Crippen MR) is 93.5 cm³/mol. The van der Waals surface area contributed by atoms with E-state index in [0.717, 1.165) is 25.1 Å². The zero-order chi connectivity index (χ0) is 18.0. The highest BCUT2D eigenvalue weighted by Crippen LogP contribution is 2.48. The van der Waals surface area contributed by atoms with Crippen LogP contribution in [0.2, 0.25) is 0 Å². The molecule has 1 aliphatic heterocycles. The smallest absolute Gasteiger partial charge is 0.234 e. The molecule has 2 unspecified atom stereocenters. The fraction of sp³-hybridized carbons (Fsp3) is 0.579. The summed E-state index contributed by atoms with van der Waals surface area (Å²) >= 11 is 0. The summed E-state index contributed by atoms with van der Waals surface area (Å²) in [5.41, 5.74) is 1.05. The second-order valence-electron chi connectivity index (χ2n) is 7.32. The highest BCUT2D eigenvalue weighted by molar-refractivity contribution is 5.83. The van der Waals surface area contributed by atoms with Crippen molar-refractivity contribution in [2.75, 3.05) is 32.7 Å². The van der Waals surface area contributed by atoms with E-state index in [2.05, 4.69) is 10.2 Å². The zero-order valence-electron chi connectivity index (χ0n) is 14.9. The van der Waals surface area contributed by atoms with Crippen LogP contribution in [-0.2, 0) is 9.59 Å². The summed E-state index contributed by atoms with van der Waals surface area (Å²) in [6.45, 7) is 7.07. The van der Waals surface area contributed by atoms with Crippen molar-refractivity contribution in [1.29, 1.82) is 0 Å².